The Morgan fingerprint density at radius 2 is 1.90 bits per heavy atom. The monoisotopic (exact) mass is 282 g/mol. The molecule has 3 atom stereocenters. The second-order valence-electron chi connectivity index (χ2n) is 6.56. The maximum Gasteiger partial charge on any atom is 0.320 e. The van der Waals surface area contributed by atoms with Crippen molar-refractivity contribution in [3.05, 3.63) is 0 Å². The molecule has 0 spiro atoms. The zero-order valence-corrected chi connectivity index (χ0v) is 12.7. The van der Waals surface area contributed by atoms with Crippen molar-refractivity contribution in [1.82, 2.24) is 9.80 Å². The molecule has 2 rings (SSSR count). The second-order valence-corrected chi connectivity index (χ2v) is 6.56. The number of carbonyl (C=O) groups excluding carboxylic acids is 1. The standard InChI is InChI=1S/C15H26N2O3/c1-10-8-11(2)12(3)17(9-10)15(20)16(13-4-5-13)7-6-14(18)19/h10-13H,4-9H2,1-3H3,(H,18,19). The summed E-state index contributed by atoms with van der Waals surface area (Å²) in [5, 5.41) is 8.84. The van der Waals surface area contributed by atoms with Gasteiger partial charge >= 0.3 is 12.0 Å². The minimum atomic E-state index is -0.836. The Morgan fingerprint density at radius 3 is 2.45 bits per heavy atom. The van der Waals surface area contributed by atoms with Gasteiger partial charge in [0.05, 0.1) is 6.42 Å². The van der Waals surface area contributed by atoms with E-state index >= 15 is 0 Å². The van der Waals surface area contributed by atoms with Crippen LogP contribution in [0.2, 0.25) is 0 Å². The lowest BCUT2D eigenvalue weighted by molar-refractivity contribution is -0.137. The van der Waals surface area contributed by atoms with E-state index in [9.17, 15) is 9.59 Å². The van der Waals surface area contributed by atoms with E-state index in [1.54, 1.807) is 4.90 Å². The van der Waals surface area contributed by atoms with Crippen LogP contribution in [0.1, 0.15) is 46.5 Å². The normalized spacial score (nSPS) is 30.1. The highest BCUT2D eigenvalue weighted by Crippen LogP contribution is 2.32. The Bertz CT molecular complexity index is 381. The number of carboxylic acid groups (broad SMARTS) is 1. The fourth-order valence-corrected chi connectivity index (χ4v) is 3.17. The van der Waals surface area contributed by atoms with E-state index < -0.39 is 5.97 Å². The molecule has 1 saturated heterocycles. The van der Waals surface area contributed by atoms with Gasteiger partial charge in [-0.25, -0.2) is 4.79 Å². The summed E-state index contributed by atoms with van der Waals surface area (Å²) in [6.07, 6.45) is 3.22. The van der Waals surface area contributed by atoms with Gasteiger partial charge in [0.2, 0.25) is 0 Å². The molecule has 1 N–H and O–H groups in total. The third kappa shape index (κ3) is 3.44. The molecule has 114 valence electrons. The molecule has 1 saturated carbocycles. The molecule has 5 heteroatoms. The molecule has 0 radical (unpaired) electrons. The van der Waals surface area contributed by atoms with Crippen molar-refractivity contribution < 1.29 is 14.7 Å². The number of rotatable bonds is 4. The van der Waals surface area contributed by atoms with E-state index in [2.05, 4.69) is 20.8 Å². The molecule has 0 aromatic rings. The van der Waals surface area contributed by atoms with Crippen molar-refractivity contribution in [2.45, 2.75) is 58.5 Å². The molecule has 1 aliphatic carbocycles. The number of carboxylic acids is 1. The van der Waals surface area contributed by atoms with Crippen LogP contribution in [-0.4, -0.2) is 52.1 Å². The van der Waals surface area contributed by atoms with Crippen molar-refractivity contribution >= 4 is 12.0 Å². The zero-order valence-electron chi connectivity index (χ0n) is 12.7. The fourth-order valence-electron chi connectivity index (χ4n) is 3.17. The lowest BCUT2D eigenvalue weighted by Gasteiger charge is -2.43. The number of nitrogens with zero attached hydrogens (tertiary/aromatic N) is 2. The molecular weight excluding hydrogens is 256 g/mol. The number of amides is 2. The first-order valence-corrected chi connectivity index (χ1v) is 7.69. The molecule has 2 fully saturated rings. The van der Waals surface area contributed by atoms with Crippen molar-refractivity contribution in [1.29, 1.82) is 0 Å². The van der Waals surface area contributed by atoms with Crippen LogP contribution in [0.15, 0.2) is 0 Å². The summed E-state index contributed by atoms with van der Waals surface area (Å²) in [6.45, 7) is 7.61. The summed E-state index contributed by atoms with van der Waals surface area (Å²) in [5.41, 5.74) is 0. The topological polar surface area (TPSA) is 60.9 Å². The van der Waals surface area contributed by atoms with Crippen LogP contribution < -0.4 is 0 Å². The molecule has 5 nitrogen and oxygen atoms in total. The lowest BCUT2D eigenvalue weighted by atomic mass is 9.86. The summed E-state index contributed by atoms with van der Waals surface area (Å²) in [6, 6.07) is 0.547. The summed E-state index contributed by atoms with van der Waals surface area (Å²) >= 11 is 0. The van der Waals surface area contributed by atoms with Gasteiger partial charge in [-0.05, 0) is 38.0 Å². The van der Waals surface area contributed by atoms with Crippen LogP contribution in [-0.2, 0) is 4.79 Å². The SMILES string of the molecule is CC1CC(C)C(C)N(C(=O)N(CCC(=O)O)C2CC2)C1. The molecule has 2 amide bonds. The highest BCUT2D eigenvalue weighted by molar-refractivity contribution is 5.76. The van der Waals surface area contributed by atoms with E-state index in [1.165, 1.54) is 0 Å². The van der Waals surface area contributed by atoms with E-state index in [1.807, 2.05) is 4.90 Å². The zero-order chi connectivity index (χ0) is 14.9. The van der Waals surface area contributed by atoms with Crippen molar-refractivity contribution in [2.24, 2.45) is 11.8 Å². The Kier molecular flexibility index (Phi) is 4.55. The summed E-state index contributed by atoms with van der Waals surface area (Å²) < 4.78 is 0. The van der Waals surface area contributed by atoms with Gasteiger partial charge < -0.3 is 14.9 Å². The first-order valence-electron chi connectivity index (χ1n) is 7.69. The number of hydrogen-bond donors (Lipinski definition) is 1. The van der Waals surface area contributed by atoms with Gasteiger partial charge in [0.25, 0.3) is 0 Å². The number of carbonyl (C=O) groups is 2. The highest BCUT2D eigenvalue weighted by atomic mass is 16.4. The number of likely N-dealkylation sites (tertiary alicyclic amines) is 1. The quantitative estimate of drug-likeness (QED) is 0.861. The van der Waals surface area contributed by atoms with E-state index in [0.29, 0.717) is 18.4 Å². The predicted octanol–water partition coefficient (Wildman–Crippen LogP) is 2.41. The molecule has 20 heavy (non-hydrogen) atoms. The third-order valence-corrected chi connectivity index (χ3v) is 4.64. The van der Waals surface area contributed by atoms with Crippen molar-refractivity contribution in [2.75, 3.05) is 13.1 Å². The number of hydrogen-bond acceptors (Lipinski definition) is 2. The Morgan fingerprint density at radius 1 is 1.25 bits per heavy atom. The van der Waals surface area contributed by atoms with Gasteiger partial charge in [0.15, 0.2) is 0 Å². The van der Waals surface area contributed by atoms with Gasteiger partial charge in [-0.1, -0.05) is 13.8 Å². The number of piperidine rings is 1. The van der Waals surface area contributed by atoms with Gasteiger partial charge in [0.1, 0.15) is 0 Å². The number of urea groups is 1. The number of aliphatic carboxylic acids is 1. The minimum absolute atomic E-state index is 0.0373. The molecule has 0 aromatic heterocycles. The average molecular weight is 282 g/mol. The molecule has 2 aliphatic rings. The first kappa shape index (κ1) is 15.1. The molecule has 1 aliphatic heterocycles. The largest absolute Gasteiger partial charge is 0.481 e. The molecule has 0 bridgehead atoms. The summed E-state index contributed by atoms with van der Waals surface area (Å²) in [7, 11) is 0. The summed E-state index contributed by atoms with van der Waals surface area (Å²) in [5.74, 6) is 0.186. The Hall–Kier alpha value is -1.26. The van der Waals surface area contributed by atoms with E-state index in [-0.39, 0.29) is 24.5 Å². The molecule has 3 unspecified atom stereocenters. The van der Waals surface area contributed by atoms with Gasteiger partial charge in [-0.2, -0.15) is 0 Å². The second kappa shape index (κ2) is 6.02. The van der Waals surface area contributed by atoms with Crippen molar-refractivity contribution in [3.8, 4) is 0 Å². The molecule has 1 heterocycles. The minimum Gasteiger partial charge on any atom is -0.481 e. The van der Waals surface area contributed by atoms with E-state index in [0.717, 1.165) is 25.8 Å². The molecule has 0 aromatic carbocycles. The maximum absolute atomic E-state index is 12.8. The third-order valence-electron chi connectivity index (χ3n) is 4.64. The maximum atomic E-state index is 12.8. The van der Waals surface area contributed by atoms with Crippen LogP contribution >= 0.6 is 0 Å². The van der Waals surface area contributed by atoms with Crippen LogP contribution in [0.3, 0.4) is 0 Å². The fraction of sp³-hybridized carbons (Fsp3) is 0.867. The van der Waals surface area contributed by atoms with Crippen LogP contribution in [0.25, 0.3) is 0 Å². The average Bonchev–Trinajstić information content (AvgIpc) is 3.17. The van der Waals surface area contributed by atoms with Crippen LogP contribution in [0.5, 0.6) is 0 Å². The Labute approximate surface area is 120 Å². The van der Waals surface area contributed by atoms with Crippen LogP contribution in [0, 0.1) is 11.8 Å². The van der Waals surface area contributed by atoms with E-state index in [4.69, 9.17) is 5.11 Å². The smallest absolute Gasteiger partial charge is 0.320 e. The van der Waals surface area contributed by atoms with Gasteiger partial charge in [-0.15, -0.1) is 0 Å². The molecular formula is C15H26N2O3. The van der Waals surface area contributed by atoms with Crippen molar-refractivity contribution in [3.63, 3.8) is 0 Å². The first-order chi connectivity index (χ1) is 9.40. The van der Waals surface area contributed by atoms with Gasteiger partial charge in [0, 0.05) is 25.2 Å². The van der Waals surface area contributed by atoms with Crippen LogP contribution in [0.4, 0.5) is 4.79 Å². The lowest BCUT2D eigenvalue weighted by Crippen LogP contribution is -2.54. The predicted molar refractivity (Wildman–Crippen MR) is 76.5 cm³/mol. The van der Waals surface area contributed by atoms with Gasteiger partial charge in [-0.3, -0.25) is 4.79 Å². The highest BCUT2D eigenvalue weighted by Gasteiger charge is 2.39. The summed E-state index contributed by atoms with van der Waals surface area (Å²) in [4.78, 5) is 27.3. The Balaban J connectivity index is 2.04.